The van der Waals surface area contributed by atoms with Crippen LogP contribution < -0.4 is 4.74 Å². The molecule has 4 rings (SSSR count). The van der Waals surface area contributed by atoms with Crippen molar-refractivity contribution in [3.8, 4) is 5.19 Å². The van der Waals surface area contributed by atoms with E-state index >= 15 is 0 Å². The summed E-state index contributed by atoms with van der Waals surface area (Å²) in [5.74, 6) is 0.377. The van der Waals surface area contributed by atoms with Gasteiger partial charge >= 0.3 is 6.18 Å². The quantitative estimate of drug-likeness (QED) is 0.582. The number of nitrogens with zero attached hydrogens (tertiary/aromatic N) is 4. The van der Waals surface area contributed by atoms with E-state index in [0.29, 0.717) is 23.7 Å². The van der Waals surface area contributed by atoms with Crippen molar-refractivity contribution in [1.29, 1.82) is 0 Å². The van der Waals surface area contributed by atoms with Crippen molar-refractivity contribution in [1.82, 2.24) is 14.9 Å². The average Bonchev–Trinajstić information content (AvgIpc) is 3.19. The Balaban J connectivity index is 1.22. The number of amides is 1. The number of thiazole rings is 1. The van der Waals surface area contributed by atoms with Gasteiger partial charge in [-0.25, -0.2) is 9.98 Å². The normalized spacial score (nSPS) is 19.3. The molecule has 1 aliphatic carbocycles. The number of carbonyl (C=O) groups excluding carboxylic acids is 1. The summed E-state index contributed by atoms with van der Waals surface area (Å²) in [5.41, 5.74) is 3.07. The molecule has 0 aromatic carbocycles. The van der Waals surface area contributed by atoms with Crippen LogP contribution in [0.4, 0.5) is 13.2 Å². The first kappa shape index (κ1) is 23.8. The van der Waals surface area contributed by atoms with Gasteiger partial charge in [0.15, 0.2) is 6.61 Å². The van der Waals surface area contributed by atoms with Gasteiger partial charge in [-0.1, -0.05) is 11.3 Å². The Hall–Kier alpha value is -2.33. The Morgan fingerprint density at radius 1 is 1.30 bits per heavy atom. The summed E-state index contributed by atoms with van der Waals surface area (Å²) >= 11 is 1.22. The van der Waals surface area contributed by atoms with Crippen molar-refractivity contribution in [2.75, 3.05) is 19.7 Å². The van der Waals surface area contributed by atoms with E-state index in [1.165, 1.54) is 11.3 Å². The van der Waals surface area contributed by atoms with Crippen LogP contribution in [-0.4, -0.2) is 52.4 Å². The fourth-order valence-corrected chi connectivity index (χ4v) is 5.22. The van der Waals surface area contributed by atoms with Crippen LogP contribution in [0.5, 0.6) is 5.19 Å². The highest BCUT2D eigenvalue weighted by molar-refractivity contribution is 7.13. The van der Waals surface area contributed by atoms with Crippen LogP contribution in [0, 0.1) is 12.8 Å². The molecule has 0 unspecified atom stereocenters. The molecule has 6 nitrogen and oxygen atoms in total. The van der Waals surface area contributed by atoms with Crippen molar-refractivity contribution in [2.24, 2.45) is 10.9 Å². The first-order valence-electron chi connectivity index (χ1n) is 11.2. The lowest BCUT2D eigenvalue weighted by Gasteiger charge is -2.29. The maximum atomic E-state index is 12.4. The number of rotatable bonds is 6. The number of fused-ring (bicyclic) bond motifs is 1. The third-order valence-corrected chi connectivity index (χ3v) is 7.25. The molecule has 0 saturated heterocycles. The van der Waals surface area contributed by atoms with Crippen molar-refractivity contribution < 1.29 is 22.7 Å². The van der Waals surface area contributed by atoms with Gasteiger partial charge in [0.25, 0.3) is 11.1 Å². The summed E-state index contributed by atoms with van der Waals surface area (Å²) in [7, 11) is 0. The zero-order chi connectivity index (χ0) is 23.4. The number of hydrogen-bond donors (Lipinski definition) is 0. The minimum Gasteiger partial charge on any atom is -0.460 e. The number of aliphatic imine (C=N–C) groups is 1. The second-order valence-corrected chi connectivity index (χ2v) is 9.68. The molecule has 0 spiro atoms. The third kappa shape index (κ3) is 6.60. The number of alkyl halides is 3. The van der Waals surface area contributed by atoms with E-state index in [0.717, 1.165) is 67.9 Å². The highest BCUT2D eigenvalue weighted by Crippen LogP contribution is 2.32. The molecule has 1 aliphatic heterocycles. The summed E-state index contributed by atoms with van der Waals surface area (Å²) in [6.45, 7) is 2.98. The first-order valence-corrected chi connectivity index (χ1v) is 12.0. The Labute approximate surface area is 194 Å². The van der Waals surface area contributed by atoms with Gasteiger partial charge < -0.3 is 4.74 Å². The summed E-state index contributed by atoms with van der Waals surface area (Å²) in [5, 5.41) is 0.106. The SMILES string of the molecule is Cc1ncccc1C(=O)N=C1CCC(CCN2CCc3sc(OCC(F)(F)F)nc3C2)CC1. The van der Waals surface area contributed by atoms with Crippen LogP contribution in [0.2, 0.25) is 0 Å². The van der Waals surface area contributed by atoms with Crippen LogP contribution in [0.1, 0.15) is 58.7 Å². The predicted molar refractivity (Wildman–Crippen MR) is 120 cm³/mol. The lowest BCUT2D eigenvalue weighted by Crippen LogP contribution is -2.32. The lowest BCUT2D eigenvalue weighted by molar-refractivity contribution is -0.153. The molecule has 0 atom stereocenters. The van der Waals surface area contributed by atoms with Crippen LogP contribution in [0.25, 0.3) is 0 Å². The number of carbonyl (C=O) groups is 1. The highest BCUT2D eigenvalue weighted by Gasteiger charge is 2.30. The monoisotopic (exact) mass is 480 g/mol. The van der Waals surface area contributed by atoms with E-state index in [1.54, 1.807) is 18.3 Å². The molecule has 2 aromatic rings. The maximum Gasteiger partial charge on any atom is 0.422 e. The van der Waals surface area contributed by atoms with E-state index in [9.17, 15) is 18.0 Å². The van der Waals surface area contributed by atoms with Gasteiger partial charge in [-0.05, 0) is 70.0 Å². The molecule has 0 N–H and O–H groups in total. The van der Waals surface area contributed by atoms with Crippen LogP contribution in [-0.2, 0) is 13.0 Å². The number of halogens is 3. The summed E-state index contributed by atoms with van der Waals surface area (Å²) < 4.78 is 41.9. The molecule has 0 radical (unpaired) electrons. The topological polar surface area (TPSA) is 67.7 Å². The largest absolute Gasteiger partial charge is 0.460 e. The number of hydrogen-bond acceptors (Lipinski definition) is 6. The van der Waals surface area contributed by atoms with Crippen molar-refractivity contribution in [3.05, 3.63) is 40.2 Å². The number of ether oxygens (including phenoxy) is 1. The molecular weight excluding hydrogens is 453 g/mol. The summed E-state index contributed by atoms with van der Waals surface area (Å²) in [6.07, 6.45) is 2.88. The van der Waals surface area contributed by atoms with Crippen molar-refractivity contribution in [2.45, 2.75) is 58.2 Å². The summed E-state index contributed by atoms with van der Waals surface area (Å²) in [4.78, 5) is 28.5. The Kier molecular flexibility index (Phi) is 7.43. The van der Waals surface area contributed by atoms with Crippen LogP contribution >= 0.6 is 11.3 Å². The van der Waals surface area contributed by atoms with Gasteiger partial charge in [0, 0.05) is 29.9 Å². The molecule has 178 valence electrons. The number of pyridine rings is 1. The van der Waals surface area contributed by atoms with Gasteiger partial charge in [-0.2, -0.15) is 13.2 Å². The van der Waals surface area contributed by atoms with Crippen LogP contribution in [0.3, 0.4) is 0 Å². The Morgan fingerprint density at radius 3 is 2.82 bits per heavy atom. The third-order valence-electron chi connectivity index (χ3n) is 6.18. The van der Waals surface area contributed by atoms with Crippen molar-refractivity contribution in [3.63, 3.8) is 0 Å². The van der Waals surface area contributed by atoms with Gasteiger partial charge in [0.2, 0.25) is 0 Å². The molecular formula is C23H27F3N4O2S. The van der Waals surface area contributed by atoms with Crippen LogP contribution in [0.15, 0.2) is 23.3 Å². The zero-order valence-electron chi connectivity index (χ0n) is 18.5. The van der Waals surface area contributed by atoms with E-state index < -0.39 is 12.8 Å². The van der Waals surface area contributed by atoms with E-state index in [-0.39, 0.29) is 11.1 Å². The number of aryl methyl sites for hydroxylation is 1. The standard InChI is InChI=1S/C23H27F3N4O2S/c1-15-18(3-2-10-27-15)21(31)28-17-6-4-16(5-7-17)8-11-30-12-9-20-19(13-30)29-22(33-20)32-14-23(24,25)26/h2-3,10,16H,4-9,11-14H2,1H3. The minimum absolute atomic E-state index is 0.106. The van der Waals surface area contributed by atoms with E-state index in [2.05, 4.69) is 19.9 Å². The molecule has 33 heavy (non-hydrogen) atoms. The predicted octanol–water partition coefficient (Wildman–Crippen LogP) is 5.01. The Bertz CT molecular complexity index is 1010. The first-order chi connectivity index (χ1) is 15.8. The number of aromatic nitrogens is 2. The minimum atomic E-state index is -4.35. The fourth-order valence-electron chi connectivity index (χ4n) is 4.32. The van der Waals surface area contributed by atoms with Gasteiger partial charge in [0.1, 0.15) is 0 Å². The van der Waals surface area contributed by atoms with Gasteiger partial charge in [0.05, 0.1) is 17.0 Å². The second kappa shape index (κ2) is 10.3. The summed E-state index contributed by atoms with van der Waals surface area (Å²) in [6, 6.07) is 3.51. The molecule has 1 fully saturated rings. The molecule has 2 aromatic heterocycles. The molecule has 2 aliphatic rings. The average molecular weight is 481 g/mol. The fraction of sp³-hybridized carbons (Fsp3) is 0.565. The van der Waals surface area contributed by atoms with Gasteiger partial charge in [-0.3, -0.25) is 14.7 Å². The maximum absolute atomic E-state index is 12.4. The van der Waals surface area contributed by atoms with E-state index in [4.69, 9.17) is 4.74 Å². The molecule has 10 heteroatoms. The Morgan fingerprint density at radius 2 is 2.09 bits per heavy atom. The lowest BCUT2D eigenvalue weighted by atomic mass is 9.85. The zero-order valence-corrected chi connectivity index (χ0v) is 19.3. The molecule has 1 amide bonds. The smallest absolute Gasteiger partial charge is 0.422 e. The molecule has 1 saturated carbocycles. The van der Waals surface area contributed by atoms with Crippen molar-refractivity contribution >= 4 is 23.0 Å². The van der Waals surface area contributed by atoms with E-state index in [1.807, 2.05) is 6.92 Å². The van der Waals surface area contributed by atoms with Gasteiger partial charge in [-0.15, -0.1) is 0 Å². The molecule has 0 bridgehead atoms. The highest BCUT2D eigenvalue weighted by atomic mass is 32.1. The second-order valence-electron chi connectivity index (χ2n) is 8.63. The molecule has 3 heterocycles.